The average Bonchev–Trinajstić information content (AvgIpc) is 2.37. The monoisotopic (exact) mass is 256 g/mol. The molecule has 0 radical (unpaired) electrons. The second-order valence-corrected chi connectivity index (χ2v) is 6.92. The summed E-state index contributed by atoms with van der Waals surface area (Å²) in [6.07, 6.45) is 9.44. The average molecular weight is 256 g/mol. The molecule has 4 bridgehead atoms. The molecule has 3 nitrogen and oxygen atoms in total. The Kier molecular flexibility index (Phi) is 2.30. The zero-order valence-corrected chi connectivity index (χ0v) is 11.0. The van der Waals surface area contributed by atoms with Crippen LogP contribution in [0.5, 0.6) is 0 Å². The predicted octanol–water partition coefficient (Wildman–Crippen LogP) is 1.91. The Morgan fingerprint density at radius 1 is 1.16 bits per heavy atom. The van der Waals surface area contributed by atoms with E-state index in [4.69, 9.17) is 0 Å². The summed E-state index contributed by atoms with van der Waals surface area (Å²) >= 11 is 0. The van der Waals surface area contributed by atoms with Gasteiger partial charge < -0.3 is 9.90 Å². The summed E-state index contributed by atoms with van der Waals surface area (Å²) in [6.45, 7) is 0. The minimum Gasteiger partial charge on any atom is -0.545 e. The van der Waals surface area contributed by atoms with Gasteiger partial charge in [0.15, 0.2) is 0 Å². The van der Waals surface area contributed by atoms with Crippen LogP contribution in [0.15, 0.2) is 18.3 Å². The van der Waals surface area contributed by atoms with Crippen LogP contribution in [0.3, 0.4) is 0 Å². The fraction of sp³-hybridized carbons (Fsp3) is 0.625. The van der Waals surface area contributed by atoms with Crippen molar-refractivity contribution in [2.75, 3.05) is 0 Å². The van der Waals surface area contributed by atoms with Crippen molar-refractivity contribution in [2.45, 2.75) is 43.9 Å². The summed E-state index contributed by atoms with van der Waals surface area (Å²) in [6, 6.07) is 3.31. The number of aromatic nitrogens is 1. The molecule has 0 aromatic carbocycles. The maximum Gasteiger partial charge on any atom is 0.0716 e. The van der Waals surface area contributed by atoms with Gasteiger partial charge in [-0.3, -0.25) is 4.98 Å². The Balaban J connectivity index is 1.75. The standard InChI is InChI=1S/C16H19NO2/c18-15(19)13-1-2-17-14(6-13)16-7-10-3-11(8-16)5-12(4-10)9-16/h1-2,6,10-12H,3-5,7-9H2,(H,18,19)/p-1. The van der Waals surface area contributed by atoms with Crippen molar-refractivity contribution in [3.05, 3.63) is 29.6 Å². The van der Waals surface area contributed by atoms with Gasteiger partial charge in [-0.1, -0.05) is 0 Å². The Hall–Kier alpha value is -1.38. The van der Waals surface area contributed by atoms with Gasteiger partial charge in [-0.25, -0.2) is 0 Å². The Bertz CT molecular complexity index is 502. The van der Waals surface area contributed by atoms with E-state index in [0.29, 0.717) is 0 Å². The number of rotatable bonds is 2. The lowest BCUT2D eigenvalue weighted by Crippen LogP contribution is -2.49. The van der Waals surface area contributed by atoms with Crippen LogP contribution in [0.25, 0.3) is 0 Å². The van der Waals surface area contributed by atoms with E-state index in [2.05, 4.69) is 4.98 Å². The van der Waals surface area contributed by atoms with Crippen LogP contribution in [-0.2, 0) is 5.41 Å². The van der Waals surface area contributed by atoms with Crippen molar-refractivity contribution >= 4 is 5.97 Å². The normalized spacial score (nSPS) is 39.5. The maximum absolute atomic E-state index is 11.0. The van der Waals surface area contributed by atoms with Crippen molar-refractivity contribution in [3.8, 4) is 0 Å². The van der Waals surface area contributed by atoms with Gasteiger partial charge >= 0.3 is 0 Å². The zero-order chi connectivity index (χ0) is 13.0. The van der Waals surface area contributed by atoms with Gasteiger partial charge in [0.2, 0.25) is 0 Å². The largest absolute Gasteiger partial charge is 0.545 e. The van der Waals surface area contributed by atoms with Crippen molar-refractivity contribution < 1.29 is 9.90 Å². The molecule has 0 aliphatic heterocycles. The highest BCUT2D eigenvalue weighted by Crippen LogP contribution is 2.60. The molecule has 3 heteroatoms. The molecule has 100 valence electrons. The first kappa shape index (κ1) is 11.4. The molecular weight excluding hydrogens is 238 g/mol. The Labute approximate surface area is 113 Å². The topological polar surface area (TPSA) is 53.0 Å². The first-order valence-corrected chi connectivity index (χ1v) is 7.32. The summed E-state index contributed by atoms with van der Waals surface area (Å²) in [4.78, 5) is 15.6. The van der Waals surface area contributed by atoms with Crippen molar-refractivity contribution in [3.63, 3.8) is 0 Å². The van der Waals surface area contributed by atoms with Crippen LogP contribution in [-0.4, -0.2) is 11.0 Å². The first-order valence-electron chi connectivity index (χ1n) is 7.32. The number of aromatic carboxylic acids is 1. The highest BCUT2D eigenvalue weighted by molar-refractivity contribution is 5.85. The lowest BCUT2D eigenvalue weighted by Gasteiger charge is -2.56. The van der Waals surface area contributed by atoms with Crippen LogP contribution >= 0.6 is 0 Å². The minimum absolute atomic E-state index is 0.167. The van der Waals surface area contributed by atoms with Crippen LogP contribution in [0, 0.1) is 17.8 Å². The molecule has 0 atom stereocenters. The van der Waals surface area contributed by atoms with E-state index >= 15 is 0 Å². The minimum atomic E-state index is -1.09. The van der Waals surface area contributed by atoms with Crippen LogP contribution in [0.1, 0.15) is 54.6 Å². The number of carboxylic acid groups (broad SMARTS) is 1. The molecule has 0 N–H and O–H groups in total. The van der Waals surface area contributed by atoms with Gasteiger partial charge in [0.1, 0.15) is 0 Å². The van der Waals surface area contributed by atoms with E-state index in [1.807, 2.05) is 0 Å². The van der Waals surface area contributed by atoms with Crippen LogP contribution in [0.2, 0.25) is 0 Å². The third kappa shape index (κ3) is 1.71. The number of carbonyl (C=O) groups is 1. The van der Waals surface area contributed by atoms with Gasteiger partial charge in [-0.15, -0.1) is 0 Å². The molecule has 1 aromatic rings. The number of nitrogens with zero attached hydrogens (tertiary/aromatic N) is 1. The summed E-state index contributed by atoms with van der Waals surface area (Å²) in [5.41, 5.74) is 1.45. The maximum atomic E-state index is 11.0. The smallest absolute Gasteiger partial charge is 0.0716 e. The zero-order valence-electron chi connectivity index (χ0n) is 11.0. The lowest BCUT2D eigenvalue weighted by molar-refractivity contribution is -0.255. The van der Waals surface area contributed by atoms with E-state index in [-0.39, 0.29) is 11.0 Å². The molecule has 4 aliphatic carbocycles. The first-order chi connectivity index (χ1) is 9.14. The number of pyridine rings is 1. The Morgan fingerprint density at radius 2 is 1.74 bits per heavy atom. The van der Waals surface area contributed by atoms with Crippen LogP contribution < -0.4 is 5.11 Å². The molecule has 4 saturated carbocycles. The van der Waals surface area contributed by atoms with Crippen LogP contribution in [0.4, 0.5) is 0 Å². The second-order valence-electron chi connectivity index (χ2n) is 6.92. The van der Waals surface area contributed by atoms with E-state index in [0.717, 1.165) is 23.4 Å². The fourth-order valence-corrected chi connectivity index (χ4v) is 5.27. The number of hydrogen-bond acceptors (Lipinski definition) is 3. The number of carboxylic acids is 1. The summed E-state index contributed by atoms with van der Waals surface area (Å²) in [5.74, 6) is 1.45. The quantitative estimate of drug-likeness (QED) is 0.812. The summed E-state index contributed by atoms with van der Waals surface area (Å²) in [7, 11) is 0. The molecule has 0 unspecified atom stereocenters. The van der Waals surface area contributed by atoms with Crippen molar-refractivity contribution in [2.24, 2.45) is 17.8 Å². The predicted molar refractivity (Wildman–Crippen MR) is 68.4 cm³/mol. The molecule has 1 aromatic heterocycles. The highest BCUT2D eigenvalue weighted by atomic mass is 16.4. The number of hydrogen-bond donors (Lipinski definition) is 0. The van der Waals surface area contributed by atoms with Gasteiger partial charge in [-0.2, -0.15) is 0 Å². The summed E-state index contributed by atoms with van der Waals surface area (Å²) < 4.78 is 0. The molecular formula is C16H18NO2-. The van der Waals surface area contributed by atoms with Gasteiger partial charge in [0.05, 0.1) is 5.97 Å². The van der Waals surface area contributed by atoms with E-state index in [1.165, 1.54) is 38.5 Å². The number of carbonyl (C=O) groups excluding carboxylic acids is 1. The lowest BCUT2D eigenvalue weighted by atomic mass is 9.48. The van der Waals surface area contributed by atoms with Gasteiger partial charge in [-0.05, 0) is 68.4 Å². The second kappa shape index (κ2) is 3.81. The van der Waals surface area contributed by atoms with Crippen molar-refractivity contribution in [1.82, 2.24) is 4.98 Å². The van der Waals surface area contributed by atoms with E-state index in [9.17, 15) is 9.90 Å². The Morgan fingerprint density at radius 3 is 2.26 bits per heavy atom. The molecule has 19 heavy (non-hydrogen) atoms. The molecule has 0 saturated heterocycles. The SMILES string of the molecule is O=C([O-])c1ccnc(C23CC4CC(CC(C4)C2)C3)c1. The third-order valence-electron chi connectivity index (χ3n) is 5.58. The fourth-order valence-electron chi connectivity index (χ4n) is 5.27. The molecule has 0 spiro atoms. The highest BCUT2D eigenvalue weighted by Gasteiger charge is 2.52. The molecule has 4 aliphatic rings. The van der Waals surface area contributed by atoms with E-state index in [1.54, 1.807) is 18.3 Å². The third-order valence-corrected chi connectivity index (χ3v) is 5.58. The van der Waals surface area contributed by atoms with Gasteiger partial charge in [0, 0.05) is 22.9 Å². The van der Waals surface area contributed by atoms with Crippen molar-refractivity contribution in [1.29, 1.82) is 0 Å². The van der Waals surface area contributed by atoms with Gasteiger partial charge in [0.25, 0.3) is 0 Å². The molecule has 4 fully saturated rings. The molecule has 1 heterocycles. The molecule has 5 rings (SSSR count). The molecule has 0 amide bonds. The summed E-state index contributed by atoms with van der Waals surface area (Å²) in [5, 5.41) is 11.0. The van der Waals surface area contributed by atoms with E-state index < -0.39 is 5.97 Å².